The molecular formula is C16H25NO3. The second-order valence-corrected chi connectivity index (χ2v) is 5.43. The average Bonchev–Trinajstić information content (AvgIpc) is 2.96. The minimum atomic E-state index is 0.214. The lowest BCUT2D eigenvalue weighted by molar-refractivity contribution is 0.0665. The molecule has 1 N–H and O–H groups in total. The Balaban J connectivity index is 2.05. The summed E-state index contributed by atoms with van der Waals surface area (Å²) in [5.74, 6) is 1.62. The minimum Gasteiger partial charge on any atom is -0.493 e. The van der Waals surface area contributed by atoms with E-state index in [9.17, 15) is 0 Å². The van der Waals surface area contributed by atoms with E-state index in [1.165, 1.54) is 0 Å². The molecule has 1 aromatic rings. The highest BCUT2D eigenvalue weighted by atomic mass is 16.5. The number of nitrogens with one attached hydrogen (secondary N) is 1. The summed E-state index contributed by atoms with van der Waals surface area (Å²) in [6.07, 6.45) is 2.42. The molecule has 20 heavy (non-hydrogen) atoms. The van der Waals surface area contributed by atoms with Crippen LogP contribution < -0.4 is 14.8 Å². The molecule has 0 aromatic heterocycles. The maximum absolute atomic E-state index is 5.99. The number of hydrogen-bond acceptors (Lipinski definition) is 4. The number of ether oxygens (including phenoxy) is 3. The Morgan fingerprint density at radius 1 is 1.40 bits per heavy atom. The van der Waals surface area contributed by atoms with Crippen LogP contribution >= 0.6 is 0 Å². The van der Waals surface area contributed by atoms with Crippen molar-refractivity contribution in [2.45, 2.75) is 45.4 Å². The van der Waals surface area contributed by atoms with Gasteiger partial charge in [-0.3, -0.25) is 0 Å². The topological polar surface area (TPSA) is 39.7 Å². The highest BCUT2D eigenvalue weighted by Crippen LogP contribution is 2.31. The fraction of sp³-hybridized carbons (Fsp3) is 0.625. The van der Waals surface area contributed by atoms with E-state index in [1.807, 2.05) is 12.1 Å². The summed E-state index contributed by atoms with van der Waals surface area (Å²) in [5, 5.41) is 3.41. The first kappa shape index (κ1) is 15.1. The normalized spacial score (nSPS) is 18.5. The largest absolute Gasteiger partial charge is 0.493 e. The van der Waals surface area contributed by atoms with Crippen LogP contribution in [0.1, 0.15) is 32.3 Å². The van der Waals surface area contributed by atoms with Crippen molar-refractivity contribution in [3.05, 3.63) is 23.8 Å². The van der Waals surface area contributed by atoms with Gasteiger partial charge >= 0.3 is 0 Å². The Kier molecular flexibility index (Phi) is 5.68. The number of methoxy groups -OCH3 is 1. The Hall–Kier alpha value is -1.26. The zero-order chi connectivity index (χ0) is 14.4. The van der Waals surface area contributed by atoms with Gasteiger partial charge < -0.3 is 19.5 Å². The summed E-state index contributed by atoms with van der Waals surface area (Å²) in [4.78, 5) is 0. The fourth-order valence-corrected chi connectivity index (χ4v) is 2.29. The van der Waals surface area contributed by atoms with Crippen LogP contribution in [-0.4, -0.2) is 32.5 Å². The smallest absolute Gasteiger partial charge is 0.165 e. The second-order valence-electron chi connectivity index (χ2n) is 5.43. The maximum Gasteiger partial charge on any atom is 0.165 e. The molecule has 2 rings (SSSR count). The molecule has 1 aliphatic rings. The van der Waals surface area contributed by atoms with Gasteiger partial charge in [-0.05, 0) is 18.9 Å². The van der Waals surface area contributed by atoms with Crippen LogP contribution in [0.3, 0.4) is 0 Å². The molecule has 1 saturated heterocycles. The fourth-order valence-electron chi connectivity index (χ4n) is 2.29. The van der Waals surface area contributed by atoms with Crippen molar-refractivity contribution in [3.63, 3.8) is 0 Å². The van der Waals surface area contributed by atoms with Crippen molar-refractivity contribution in [2.24, 2.45) is 0 Å². The first-order valence-corrected chi connectivity index (χ1v) is 7.34. The molecule has 1 unspecified atom stereocenters. The van der Waals surface area contributed by atoms with Gasteiger partial charge in [0.1, 0.15) is 6.61 Å². The summed E-state index contributed by atoms with van der Waals surface area (Å²) in [7, 11) is 1.67. The molecule has 0 spiro atoms. The van der Waals surface area contributed by atoms with E-state index in [4.69, 9.17) is 14.2 Å². The van der Waals surface area contributed by atoms with Crippen LogP contribution in [0.2, 0.25) is 0 Å². The van der Waals surface area contributed by atoms with Crippen LogP contribution in [0.25, 0.3) is 0 Å². The van der Waals surface area contributed by atoms with Crippen molar-refractivity contribution in [2.75, 3.05) is 20.3 Å². The van der Waals surface area contributed by atoms with Crippen molar-refractivity contribution < 1.29 is 14.2 Å². The lowest BCUT2D eigenvalue weighted by Crippen LogP contribution is -2.23. The molecule has 4 heteroatoms. The SMILES string of the molecule is COc1cccc(CNC(C)C)c1OCC1CCCO1. The van der Waals surface area contributed by atoms with Gasteiger partial charge in [0.15, 0.2) is 11.5 Å². The molecule has 112 valence electrons. The zero-order valence-electron chi connectivity index (χ0n) is 12.6. The molecule has 1 aromatic carbocycles. The van der Waals surface area contributed by atoms with Crippen LogP contribution in [-0.2, 0) is 11.3 Å². The molecule has 0 radical (unpaired) electrons. The molecular weight excluding hydrogens is 254 g/mol. The van der Waals surface area contributed by atoms with E-state index in [1.54, 1.807) is 7.11 Å². The van der Waals surface area contributed by atoms with E-state index >= 15 is 0 Å². The van der Waals surface area contributed by atoms with Gasteiger partial charge in [0.25, 0.3) is 0 Å². The van der Waals surface area contributed by atoms with Crippen LogP contribution in [0, 0.1) is 0 Å². The van der Waals surface area contributed by atoms with Gasteiger partial charge in [-0.2, -0.15) is 0 Å². The maximum atomic E-state index is 5.99. The Labute approximate surface area is 121 Å². The molecule has 0 bridgehead atoms. The number of rotatable bonds is 7. The van der Waals surface area contributed by atoms with Gasteiger partial charge in [-0.15, -0.1) is 0 Å². The van der Waals surface area contributed by atoms with E-state index in [-0.39, 0.29) is 6.10 Å². The summed E-state index contributed by atoms with van der Waals surface area (Å²) < 4.78 is 17.0. The highest BCUT2D eigenvalue weighted by Gasteiger charge is 2.18. The third kappa shape index (κ3) is 4.12. The van der Waals surface area contributed by atoms with Gasteiger partial charge in [0.2, 0.25) is 0 Å². The predicted molar refractivity (Wildman–Crippen MR) is 79.4 cm³/mol. The predicted octanol–water partition coefficient (Wildman–Crippen LogP) is 2.75. The van der Waals surface area contributed by atoms with Crippen molar-refractivity contribution in [3.8, 4) is 11.5 Å². The summed E-state index contributed by atoms with van der Waals surface area (Å²) >= 11 is 0. The molecule has 0 amide bonds. The van der Waals surface area contributed by atoms with E-state index in [0.29, 0.717) is 12.6 Å². The molecule has 1 heterocycles. The van der Waals surface area contributed by atoms with Gasteiger partial charge in [-0.25, -0.2) is 0 Å². The number of para-hydroxylation sites is 1. The van der Waals surface area contributed by atoms with Crippen molar-refractivity contribution >= 4 is 0 Å². The average molecular weight is 279 g/mol. The third-order valence-electron chi connectivity index (χ3n) is 3.42. The standard InChI is InChI=1S/C16H25NO3/c1-12(2)17-10-13-6-4-8-15(18-3)16(13)20-11-14-7-5-9-19-14/h4,6,8,12,14,17H,5,7,9-11H2,1-3H3. The molecule has 1 fully saturated rings. The van der Waals surface area contributed by atoms with Crippen LogP contribution in [0.4, 0.5) is 0 Å². The van der Waals surface area contributed by atoms with Gasteiger partial charge in [0, 0.05) is 24.8 Å². The summed E-state index contributed by atoms with van der Waals surface area (Å²) in [5.41, 5.74) is 1.12. The van der Waals surface area contributed by atoms with Crippen LogP contribution in [0.5, 0.6) is 11.5 Å². The Morgan fingerprint density at radius 2 is 2.25 bits per heavy atom. The summed E-state index contributed by atoms with van der Waals surface area (Å²) in [6.45, 7) is 6.48. The quantitative estimate of drug-likeness (QED) is 0.833. The first-order chi connectivity index (χ1) is 9.70. The Bertz CT molecular complexity index is 414. The van der Waals surface area contributed by atoms with Crippen LogP contribution in [0.15, 0.2) is 18.2 Å². The Morgan fingerprint density at radius 3 is 2.90 bits per heavy atom. The van der Waals surface area contributed by atoms with Crippen molar-refractivity contribution in [1.29, 1.82) is 0 Å². The molecule has 0 saturated carbocycles. The highest BCUT2D eigenvalue weighted by molar-refractivity contribution is 5.46. The summed E-state index contributed by atoms with van der Waals surface area (Å²) in [6, 6.07) is 6.44. The first-order valence-electron chi connectivity index (χ1n) is 7.34. The molecule has 4 nitrogen and oxygen atoms in total. The van der Waals surface area contributed by atoms with Crippen molar-refractivity contribution in [1.82, 2.24) is 5.32 Å². The van der Waals surface area contributed by atoms with E-state index in [2.05, 4.69) is 25.2 Å². The molecule has 1 atom stereocenters. The second kappa shape index (κ2) is 7.50. The molecule has 0 aliphatic carbocycles. The zero-order valence-corrected chi connectivity index (χ0v) is 12.6. The van der Waals surface area contributed by atoms with E-state index in [0.717, 1.165) is 43.1 Å². The monoisotopic (exact) mass is 279 g/mol. The number of benzene rings is 1. The van der Waals surface area contributed by atoms with Gasteiger partial charge in [-0.1, -0.05) is 26.0 Å². The molecule has 1 aliphatic heterocycles. The van der Waals surface area contributed by atoms with E-state index < -0.39 is 0 Å². The third-order valence-corrected chi connectivity index (χ3v) is 3.42. The lowest BCUT2D eigenvalue weighted by Gasteiger charge is -2.18. The minimum absolute atomic E-state index is 0.214. The lowest BCUT2D eigenvalue weighted by atomic mass is 10.1. The number of hydrogen-bond donors (Lipinski definition) is 1. The van der Waals surface area contributed by atoms with Gasteiger partial charge in [0.05, 0.1) is 13.2 Å².